The Labute approximate surface area is 99.0 Å². The summed E-state index contributed by atoms with van der Waals surface area (Å²) in [6.45, 7) is 2.26. The van der Waals surface area contributed by atoms with E-state index in [9.17, 15) is 4.39 Å². The molecule has 2 rings (SSSR count). The number of rotatable bonds is 1. The van der Waals surface area contributed by atoms with Gasteiger partial charge in [0.15, 0.2) is 0 Å². The van der Waals surface area contributed by atoms with Gasteiger partial charge in [0.25, 0.3) is 0 Å². The number of halogens is 2. The van der Waals surface area contributed by atoms with Crippen LogP contribution in [-0.4, -0.2) is 10.5 Å². The minimum atomic E-state index is -1.36. The first-order valence-corrected chi connectivity index (χ1v) is 5.52. The largest absolute Gasteiger partial charge is 0.469 e. The monoisotopic (exact) mass is 244 g/mol. The van der Waals surface area contributed by atoms with Gasteiger partial charge >= 0.3 is 5.43 Å². The molecule has 2 nitrogen and oxygen atoms in total. The van der Waals surface area contributed by atoms with E-state index in [2.05, 4.69) is 18.5 Å². The maximum absolute atomic E-state index is 12.6. The predicted octanol–water partition coefficient (Wildman–Crippen LogP) is 4.24. The molecule has 0 saturated heterocycles. The van der Waals surface area contributed by atoms with Gasteiger partial charge in [-0.25, -0.2) is 9.18 Å². The molecule has 1 aromatic rings. The Balaban J connectivity index is 0.000000280. The van der Waals surface area contributed by atoms with Crippen LogP contribution in [0, 0.1) is 11.7 Å². The Morgan fingerprint density at radius 3 is 2.19 bits per heavy atom. The molecule has 0 bridgehead atoms. The third-order valence-corrected chi connectivity index (χ3v) is 2.92. The van der Waals surface area contributed by atoms with Gasteiger partial charge in [-0.15, -0.1) is 0 Å². The number of hydrogen-bond donors (Lipinski definition) is 1. The topological polar surface area (TPSA) is 37.3 Å². The van der Waals surface area contributed by atoms with Crippen molar-refractivity contribution in [3.8, 4) is 0 Å². The number of carboxylic acid groups (broad SMARTS) is 1. The van der Waals surface area contributed by atoms with Crippen molar-refractivity contribution in [2.45, 2.75) is 25.7 Å². The van der Waals surface area contributed by atoms with Gasteiger partial charge < -0.3 is 5.11 Å². The van der Waals surface area contributed by atoms with Gasteiger partial charge in [-0.2, -0.15) is 0 Å². The maximum atomic E-state index is 12.6. The Morgan fingerprint density at radius 2 is 1.88 bits per heavy atom. The quantitative estimate of drug-likeness (QED) is 0.750. The van der Waals surface area contributed by atoms with Crippen molar-refractivity contribution >= 4 is 17.0 Å². The molecule has 0 spiro atoms. The highest BCUT2D eigenvalue weighted by atomic mass is 35.5. The summed E-state index contributed by atoms with van der Waals surface area (Å²) < 4.78 is 12.6. The van der Waals surface area contributed by atoms with Crippen molar-refractivity contribution in [3.05, 3.63) is 35.6 Å². The van der Waals surface area contributed by atoms with E-state index >= 15 is 0 Å². The average molecular weight is 245 g/mol. The summed E-state index contributed by atoms with van der Waals surface area (Å²) in [6, 6.07) is 6.94. The summed E-state index contributed by atoms with van der Waals surface area (Å²) >= 11 is 4.19. The lowest BCUT2D eigenvalue weighted by molar-refractivity contribution is 0.220. The van der Waals surface area contributed by atoms with Crippen molar-refractivity contribution in [1.29, 1.82) is 0 Å². The summed E-state index contributed by atoms with van der Waals surface area (Å²) in [5, 5.41) is 7.18. The molecule has 1 fully saturated rings. The van der Waals surface area contributed by atoms with Crippen molar-refractivity contribution < 1.29 is 14.3 Å². The molecule has 0 amide bonds. The summed E-state index contributed by atoms with van der Waals surface area (Å²) in [5.74, 6) is 1.34. The molecule has 0 aromatic heterocycles. The van der Waals surface area contributed by atoms with Crippen LogP contribution in [0.5, 0.6) is 0 Å². The smallest absolute Gasteiger partial charge is 0.401 e. The number of benzene rings is 1. The molecule has 1 aliphatic rings. The summed E-state index contributed by atoms with van der Waals surface area (Å²) in [4.78, 5) is 8.77. The van der Waals surface area contributed by atoms with Crippen LogP contribution >= 0.6 is 11.6 Å². The minimum Gasteiger partial charge on any atom is -0.469 e. The molecular weight excluding hydrogens is 231 g/mol. The zero-order chi connectivity index (χ0) is 12.1. The van der Waals surface area contributed by atoms with E-state index in [0.29, 0.717) is 5.92 Å². The van der Waals surface area contributed by atoms with Crippen LogP contribution in [-0.2, 0) is 0 Å². The van der Waals surface area contributed by atoms with Gasteiger partial charge in [0.1, 0.15) is 5.82 Å². The van der Waals surface area contributed by atoms with E-state index in [0.717, 1.165) is 5.92 Å². The van der Waals surface area contributed by atoms with Gasteiger partial charge in [-0.05, 0) is 42.4 Å². The molecule has 88 valence electrons. The number of carbonyl (C=O) groups is 1. The van der Waals surface area contributed by atoms with E-state index < -0.39 is 5.43 Å². The SMILES string of the molecule is CC1CCC1c1ccc(F)cc1.O=C(O)Cl. The fourth-order valence-corrected chi connectivity index (χ4v) is 1.87. The van der Waals surface area contributed by atoms with Crippen LogP contribution in [0.3, 0.4) is 0 Å². The van der Waals surface area contributed by atoms with Crippen LogP contribution in [0.15, 0.2) is 24.3 Å². The zero-order valence-corrected chi connectivity index (χ0v) is 9.75. The van der Waals surface area contributed by atoms with E-state index in [1.807, 2.05) is 12.1 Å². The third-order valence-electron chi connectivity index (χ3n) is 2.92. The third kappa shape index (κ3) is 3.81. The van der Waals surface area contributed by atoms with E-state index in [-0.39, 0.29) is 5.82 Å². The van der Waals surface area contributed by atoms with Crippen molar-refractivity contribution in [1.82, 2.24) is 0 Å². The lowest BCUT2D eigenvalue weighted by atomic mass is 9.71. The Morgan fingerprint density at radius 1 is 1.38 bits per heavy atom. The second-order valence-electron chi connectivity index (χ2n) is 3.97. The second kappa shape index (κ2) is 5.85. The lowest BCUT2D eigenvalue weighted by Crippen LogP contribution is -2.20. The van der Waals surface area contributed by atoms with Crippen molar-refractivity contribution in [2.75, 3.05) is 0 Å². The first-order valence-electron chi connectivity index (χ1n) is 5.14. The molecule has 1 saturated carbocycles. The Hall–Kier alpha value is -1.09. The molecule has 0 aliphatic heterocycles. The second-order valence-corrected chi connectivity index (χ2v) is 4.29. The van der Waals surface area contributed by atoms with E-state index in [4.69, 9.17) is 9.90 Å². The number of hydrogen-bond acceptors (Lipinski definition) is 1. The lowest BCUT2D eigenvalue weighted by Gasteiger charge is -2.34. The van der Waals surface area contributed by atoms with Crippen molar-refractivity contribution in [3.63, 3.8) is 0 Å². The van der Waals surface area contributed by atoms with E-state index in [1.165, 1.54) is 18.4 Å². The summed E-state index contributed by atoms with van der Waals surface area (Å²) in [6.07, 6.45) is 2.59. The van der Waals surface area contributed by atoms with Gasteiger partial charge in [0.2, 0.25) is 0 Å². The molecule has 1 aliphatic carbocycles. The average Bonchev–Trinajstić information content (AvgIpc) is 2.18. The zero-order valence-electron chi connectivity index (χ0n) is 8.99. The predicted molar refractivity (Wildman–Crippen MR) is 61.4 cm³/mol. The Kier molecular flexibility index (Phi) is 4.74. The maximum Gasteiger partial charge on any atom is 0.401 e. The fraction of sp³-hybridized carbons (Fsp3) is 0.417. The molecule has 1 aromatic carbocycles. The Bertz CT molecular complexity index is 347. The first kappa shape index (κ1) is 13.0. The summed E-state index contributed by atoms with van der Waals surface area (Å²) in [5.41, 5.74) is -0.0600. The standard InChI is InChI=1S/C11H13F.CHClO2/c1-8-2-7-11(8)9-3-5-10(12)6-4-9;2-1(3)4/h3-6,8,11H,2,7H2,1H3;(H,3,4). The molecular formula is C12H14ClFO2. The molecule has 1 N–H and O–H groups in total. The molecule has 4 heteroatoms. The van der Waals surface area contributed by atoms with Gasteiger partial charge in [-0.1, -0.05) is 19.1 Å². The molecule has 2 atom stereocenters. The van der Waals surface area contributed by atoms with Crippen LogP contribution in [0.25, 0.3) is 0 Å². The van der Waals surface area contributed by atoms with E-state index in [1.54, 1.807) is 12.1 Å². The highest BCUT2D eigenvalue weighted by molar-refractivity contribution is 6.60. The normalized spacial score (nSPS) is 22.7. The van der Waals surface area contributed by atoms with Crippen LogP contribution < -0.4 is 0 Å². The van der Waals surface area contributed by atoms with Crippen molar-refractivity contribution in [2.24, 2.45) is 5.92 Å². The highest BCUT2D eigenvalue weighted by Gasteiger charge is 2.27. The minimum absolute atomic E-state index is 0.134. The molecule has 0 heterocycles. The first-order chi connectivity index (χ1) is 7.50. The molecule has 16 heavy (non-hydrogen) atoms. The van der Waals surface area contributed by atoms with Gasteiger partial charge in [0.05, 0.1) is 0 Å². The summed E-state index contributed by atoms with van der Waals surface area (Å²) in [7, 11) is 0. The highest BCUT2D eigenvalue weighted by Crippen LogP contribution is 2.41. The van der Waals surface area contributed by atoms with Crippen LogP contribution in [0.2, 0.25) is 0 Å². The van der Waals surface area contributed by atoms with Crippen LogP contribution in [0.4, 0.5) is 9.18 Å². The van der Waals surface area contributed by atoms with Crippen LogP contribution in [0.1, 0.15) is 31.2 Å². The van der Waals surface area contributed by atoms with Gasteiger partial charge in [0, 0.05) is 11.6 Å². The fourth-order valence-electron chi connectivity index (χ4n) is 1.87. The molecule has 2 unspecified atom stereocenters. The molecule has 0 radical (unpaired) electrons. The van der Waals surface area contributed by atoms with Gasteiger partial charge in [-0.3, -0.25) is 0 Å².